The van der Waals surface area contributed by atoms with E-state index in [1.807, 2.05) is 30.3 Å². The lowest BCUT2D eigenvalue weighted by Gasteiger charge is -2.36. The van der Waals surface area contributed by atoms with E-state index < -0.39 is 0 Å². The van der Waals surface area contributed by atoms with Crippen molar-refractivity contribution in [2.45, 2.75) is 38.1 Å². The van der Waals surface area contributed by atoms with E-state index in [1.54, 1.807) is 0 Å². The molecule has 1 atom stereocenters. The van der Waals surface area contributed by atoms with Crippen molar-refractivity contribution in [1.82, 2.24) is 15.1 Å². The van der Waals surface area contributed by atoms with Crippen molar-refractivity contribution in [3.8, 4) is 5.75 Å². The molecule has 3 rings (SSSR count). The van der Waals surface area contributed by atoms with E-state index in [0.717, 1.165) is 44.8 Å². The zero-order valence-electron chi connectivity index (χ0n) is 15.2. The SMILES string of the molecule is O=C(COc1ccccc1)N(CCN1CCCCC1)C1CCCNC1. The highest BCUT2D eigenvalue weighted by Crippen LogP contribution is 2.14. The molecule has 0 aliphatic carbocycles. The molecule has 25 heavy (non-hydrogen) atoms. The van der Waals surface area contributed by atoms with Crippen LogP contribution in [0, 0.1) is 0 Å². The minimum Gasteiger partial charge on any atom is -0.484 e. The Balaban J connectivity index is 1.55. The van der Waals surface area contributed by atoms with Gasteiger partial charge in [0.25, 0.3) is 5.91 Å². The van der Waals surface area contributed by atoms with Gasteiger partial charge in [-0.1, -0.05) is 24.6 Å². The van der Waals surface area contributed by atoms with Crippen LogP contribution < -0.4 is 10.1 Å². The second-order valence-corrected chi connectivity index (χ2v) is 7.09. The molecule has 0 aromatic heterocycles. The van der Waals surface area contributed by atoms with Gasteiger partial charge in [-0.2, -0.15) is 0 Å². The third-order valence-electron chi connectivity index (χ3n) is 5.24. The van der Waals surface area contributed by atoms with Gasteiger partial charge in [-0.25, -0.2) is 0 Å². The lowest BCUT2D eigenvalue weighted by molar-refractivity contribution is -0.136. The zero-order chi connectivity index (χ0) is 17.3. The molecule has 0 spiro atoms. The van der Waals surface area contributed by atoms with Gasteiger partial charge in [0.1, 0.15) is 5.75 Å². The van der Waals surface area contributed by atoms with Crippen molar-refractivity contribution in [2.24, 2.45) is 0 Å². The lowest BCUT2D eigenvalue weighted by atomic mass is 10.1. The summed E-state index contributed by atoms with van der Waals surface area (Å²) in [6.45, 7) is 6.22. The Hall–Kier alpha value is -1.59. The Morgan fingerprint density at radius 2 is 1.96 bits per heavy atom. The van der Waals surface area contributed by atoms with Gasteiger partial charge in [0, 0.05) is 25.7 Å². The highest BCUT2D eigenvalue weighted by molar-refractivity contribution is 5.78. The Morgan fingerprint density at radius 3 is 2.68 bits per heavy atom. The van der Waals surface area contributed by atoms with Crippen molar-refractivity contribution in [3.63, 3.8) is 0 Å². The smallest absolute Gasteiger partial charge is 0.260 e. The van der Waals surface area contributed by atoms with E-state index in [9.17, 15) is 4.79 Å². The fourth-order valence-electron chi connectivity index (χ4n) is 3.79. The first kappa shape index (κ1) is 18.2. The summed E-state index contributed by atoms with van der Waals surface area (Å²) < 4.78 is 5.71. The number of hydrogen-bond donors (Lipinski definition) is 1. The first-order valence-corrected chi connectivity index (χ1v) is 9.73. The number of para-hydroxylation sites is 1. The van der Waals surface area contributed by atoms with Crippen molar-refractivity contribution >= 4 is 5.91 Å². The highest BCUT2D eigenvalue weighted by atomic mass is 16.5. The summed E-state index contributed by atoms with van der Waals surface area (Å²) in [7, 11) is 0. The number of hydrogen-bond acceptors (Lipinski definition) is 4. The van der Waals surface area contributed by atoms with E-state index in [1.165, 1.54) is 32.4 Å². The monoisotopic (exact) mass is 345 g/mol. The molecular weight excluding hydrogens is 314 g/mol. The van der Waals surface area contributed by atoms with Gasteiger partial charge in [0.15, 0.2) is 6.61 Å². The second-order valence-electron chi connectivity index (χ2n) is 7.09. The molecule has 1 aromatic rings. The Bertz CT molecular complexity index is 511. The molecule has 2 saturated heterocycles. The van der Waals surface area contributed by atoms with Crippen LogP contribution in [-0.2, 0) is 4.79 Å². The van der Waals surface area contributed by atoms with Crippen molar-refractivity contribution in [3.05, 3.63) is 30.3 Å². The molecule has 2 fully saturated rings. The number of benzene rings is 1. The molecule has 0 radical (unpaired) electrons. The maximum Gasteiger partial charge on any atom is 0.260 e. The normalized spacial score (nSPS) is 21.7. The molecule has 2 aliphatic heterocycles. The molecule has 5 nitrogen and oxygen atoms in total. The van der Waals surface area contributed by atoms with Gasteiger partial charge in [0.05, 0.1) is 0 Å². The summed E-state index contributed by atoms with van der Waals surface area (Å²) in [5.41, 5.74) is 0. The largest absolute Gasteiger partial charge is 0.484 e. The minimum absolute atomic E-state index is 0.106. The fraction of sp³-hybridized carbons (Fsp3) is 0.650. The number of rotatable bonds is 7. The van der Waals surface area contributed by atoms with Gasteiger partial charge in [-0.05, 0) is 57.5 Å². The number of carbonyl (C=O) groups is 1. The van der Waals surface area contributed by atoms with Crippen LogP contribution in [-0.4, -0.2) is 67.6 Å². The van der Waals surface area contributed by atoms with E-state index in [4.69, 9.17) is 4.74 Å². The molecule has 5 heteroatoms. The van der Waals surface area contributed by atoms with E-state index in [0.29, 0.717) is 6.04 Å². The molecule has 1 N–H and O–H groups in total. The van der Waals surface area contributed by atoms with Gasteiger partial charge in [0.2, 0.25) is 0 Å². The number of piperidine rings is 2. The van der Waals surface area contributed by atoms with Gasteiger partial charge in [-0.15, -0.1) is 0 Å². The van der Waals surface area contributed by atoms with E-state index in [2.05, 4.69) is 15.1 Å². The van der Waals surface area contributed by atoms with Crippen LogP contribution >= 0.6 is 0 Å². The van der Waals surface area contributed by atoms with E-state index >= 15 is 0 Å². The standard InChI is InChI=1S/C20H31N3O2/c24-20(17-25-19-9-3-1-4-10-19)23(18-8-7-11-21-16-18)15-14-22-12-5-2-6-13-22/h1,3-4,9-10,18,21H,2,5-8,11-17H2. The average molecular weight is 345 g/mol. The molecule has 1 amide bonds. The third kappa shape index (κ3) is 5.72. The first-order valence-electron chi connectivity index (χ1n) is 9.73. The quantitative estimate of drug-likeness (QED) is 0.822. The topological polar surface area (TPSA) is 44.8 Å². The van der Waals surface area contributed by atoms with Crippen molar-refractivity contribution in [2.75, 3.05) is 45.9 Å². The minimum atomic E-state index is 0.106. The van der Waals surface area contributed by atoms with Crippen LogP contribution in [0.4, 0.5) is 0 Å². The first-order chi connectivity index (χ1) is 12.3. The molecule has 1 aromatic carbocycles. The lowest BCUT2D eigenvalue weighted by Crippen LogP contribution is -2.52. The summed E-state index contributed by atoms with van der Waals surface area (Å²) in [5.74, 6) is 0.864. The molecule has 1 unspecified atom stereocenters. The predicted octanol–water partition coefficient (Wildman–Crippen LogP) is 2.13. The van der Waals surface area contributed by atoms with Crippen LogP contribution in [0.25, 0.3) is 0 Å². The molecule has 2 heterocycles. The fourth-order valence-corrected chi connectivity index (χ4v) is 3.79. The van der Waals surface area contributed by atoms with Crippen LogP contribution in [0.15, 0.2) is 30.3 Å². The summed E-state index contributed by atoms with van der Waals surface area (Å²) in [6.07, 6.45) is 6.14. The van der Waals surface area contributed by atoms with Gasteiger partial charge in [-0.3, -0.25) is 4.79 Å². The van der Waals surface area contributed by atoms with Gasteiger partial charge >= 0.3 is 0 Å². The molecule has 0 bridgehead atoms. The van der Waals surface area contributed by atoms with Crippen LogP contribution in [0.1, 0.15) is 32.1 Å². The van der Waals surface area contributed by atoms with E-state index in [-0.39, 0.29) is 12.5 Å². The predicted molar refractivity (Wildman–Crippen MR) is 99.8 cm³/mol. The van der Waals surface area contributed by atoms with Crippen LogP contribution in [0.2, 0.25) is 0 Å². The zero-order valence-corrected chi connectivity index (χ0v) is 15.2. The molecule has 0 saturated carbocycles. The second kappa shape index (κ2) is 9.78. The average Bonchev–Trinajstić information content (AvgIpc) is 2.69. The van der Waals surface area contributed by atoms with Crippen LogP contribution in [0.5, 0.6) is 5.75 Å². The number of carbonyl (C=O) groups excluding carboxylic acids is 1. The molecular formula is C20H31N3O2. The summed E-state index contributed by atoms with van der Waals surface area (Å²) in [6, 6.07) is 9.90. The number of nitrogens with zero attached hydrogens (tertiary/aromatic N) is 2. The number of nitrogens with one attached hydrogen (secondary N) is 1. The van der Waals surface area contributed by atoms with Crippen molar-refractivity contribution in [1.29, 1.82) is 0 Å². The Morgan fingerprint density at radius 1 is 1.16 bits per heavy atom. The van der Waals surface area contributed by atoms with Crippen molar-refractivity contribution < 1.29 is 9.53 Å². The third-order valence-corrected chi connectivity index (χ3v) is 5.24. The summed E-state index contributed by atoms with van der Waals surface area (Å²) in [4.78, 5) is 17.4. The molecule has 2 aliphatic rings. The highest BCUT2D eigenvalue weighted by Gasteiger charge is 2.26. The summed E-state index contributed by atoms with van der Waals surface area (Å²) >= 11 is 0. The van der Waals surface area contributed by atoms with Gasteiger partial charge < -0.3 is 19.9 Å². The number of ether oxygens (including phenoxy) is 1. The maximum absolute atomic E-state index is 12.8. The number of likely N-dealkylation sites (tertiary alicyclic amines) is 1. The number of amides is 1. The molecule has 138 valence electrons. The Labute approximate surface area is 151 Å². The maximum atomic E-state index is 12.8. The summed E-state index contributed by atoms with van der Waals surface area (Å²) in [5, 5.41) is 3.43. The Kier molecular flexibility index (Phi) is 7.12. The van der Waals surface area contributed by atoms with Crippen LogP contribution in [0.3, 0.4) is 0 Å².